The molecule has 0 saturated carbocycles. The van der Waals surface area contributed by atoms with Gasteiger partial charge >= 0.3 is 6.03 Å². The van der Waals surface area contributed by atoms with E-state index >= 15 is 0 Å². The average molecular weight is 371 g/mol. The minimum atomic E-state index is -0.342. The van der Waals surface area contributed by atoms with E-state index in [9.17, 15) is 9.59 Å². The third-order valence-corrected chi connectivity index (χ3v) is 5.72. The van der Waals surface area contributed by atoms with Crippen LogP contribution < -0.4 is 10.2 Å². The van der Waals surface area contributed by atoms with E-state index in [-0.39, 0.29) is 36.4 Å². The number of fused-ring (bicyclic) bond motifs is 3. The van der Waals surface area contributed by atoms with Gasteiger partial charge in [-0.05, 0) is 24.0 Å². The monoisotopic (exact) mass is 371 g/mol. The maximum absolute atomic E-state index is 13.3. The number of imide groups is 1. The van der Waals surface area contributed by atoms with Gasteiger partial charge in [0.1, 0.15) is 18.5 Å². The molecule has 146 valence electrons. The van der Waals surface area contributed by atoms with Crippen LogP contribution in [0.1, 0.15) is 20.8 Å². The van der Waals surface area contributed by atoms with Gasteiger partial charge in [0.2, 0.25) is 0 Å². The second-order valence-corrected chi connectivity index (χ2v) is 8.46. The number of carbonyl (C=O) groups excluding carboxylic acids is 2. The van der Waals surface area contributed by atoms with Gasteiger partial charge in [0.05, 0.1) is 0 Å². The zero-order chi connectivity index (χ0) is 19.3. The SMILES string of the molecule is CC(C)CN1C(=O)C2C(NC3N(c4ccccc4)CC(C)CN23)N(C)C1=O. The molecule has 3 aliphatic heterocycles. The minimum absolute atomic E-state index is 0.0751. The van der Waals surface area contributed by atoms with Crippen molar-refractivity contribution < 1.29 is 9.59 Å². The summed E-state index contributed by atoms with van der Waals surface area (Å²) in [5.74, 6) is 0.597. The zero-order valence-corrected chi connectivity index (χ0v) is 16.5. The molecule has 0 aromatic heterocycles. The first-order chi connectivity index (χ1) is 12.9. The molecular weight excluding hydrogens is 342 g/mol. The summed E-state index contributed by atoms with van der Waals surface area (Å²) in [5, 5.41) is 3.56. The van der Waals surface area contributed by atoms with E-state index in [1.165, 1.54) is 4.90 Å². The van der Waals surface area contributed by atoms with Gasteiger partial charge in [0, 0.05) is 32.4 Å². The van der Waals surface area contributed by atoms with E-state index in [1.807, 2.05) is 32.0 Å². The summed E-state index contributed by atoms with van der Waals surface area (Å²) in [6.45, 7) is 8.49. The van der Waals surface area contributed by atoms with Crippen molar-refractivity contribution in [3.8, 4) is 0 Å². The standard InChI is InChI=1S/C20H29N5O2/c1-13(2)10-25-18(26)16-17(22(4)20(25)27)21-19-23(11-14(3)12-24(16)19)15-8-6-5-7-9-15/h5-9,13-14,16-17,19,21H,10-12H2,1-4H3. The quantitative estimate of drug-likeness (QED) is 0.874. The Morgan fingerprint density at radius 2 is 1.85 bits per heavy atom. The van der Waals surface area contributed by atoms with Crippen LogP contribution in [-0.4, -0.2) is 71.8 Å². The molecule has 3 saturated heterocycles. The number of likely N-dealkylation sites (N-methyl/N-ethyl adjacent to an activating group) is 1. The first-order valence-corrected chi connectivity index (χ1v) is 9.80. The highest BCUT2D eigenvalue weighted by Gasteiger charge is 2.56. The second-order valence-electron chi connectivity index (χ2n) is 8.46. The first-order valence-electron chi connectivity index (χ1n) is 9.80. The number of hydrogen-bond donors (Lipinski definition) is 1. The van der Waals surface area contributed by atoms with Gasteiger partial charge in [-0.2, -0.15) is 0 Å². The topological polar surface area (TPSA) is 59.1 Å². The van der Waals surface area contributed by atoms with Gasteiger partial charge in [-0.15, -0.1) is 0 Å². The molecule has 4 unspecified atom stereocenters. The lowest BCUT2D eigenvalue weighted by Crippen LogP contribution is -2.67. The molecule has 0 aliphatic carbocycles. The van der Waals surface area contributed by atoms with Gasteiger partial charge in [0.25, 0.3) is 5.91 Å². The van der Waals surface area contributed by atoms with Crippen LogP contribution in [0, 0.1) is 11.8 Å². The van der Waals surface area contributed by atoms with E-state index in [0.717, 1.165) is 18.8 Å². The molecule has 0 spiro atoms. The maximum atomic E-state index is 13.3. The van der Waals surface area contributed by atoms with Crippen molar-refractivity contribution in [1.82, 2.24) is 20.0 Å². The van der Waals surface area contributed by atoms with E-state index < -0.39 is 0 Å². The van der Waals surface area contributed by atoms with E-state index in [2.05, 4.69) is 34.2 Å². The Morgan fingerprint density at radius 1 is 1.15 bits per heavy atom. The fraction of sp³-hybridized carbons (Fsp3) is 0.600. The number of carbonyl (C=O) groups is 2. The third-order valence-electron chi connectivity index (χ3n) is 5.72. The summed E-state index contributed by atoms with van der Waals surface area (Å²) in [6, 6.07) is 9.73. The lowest BCUT2D eigenvalue weighted by Gasteiger charge is -2.46. The van der Waals surface area contributed by atoms with Gasteiger partial charge < -0.3 is 9.80 Å². The van der Waals surface area contributed by atoms with Gasteiger partial charge in [-0.25, -0.2) is 4.79 Å². The lowest BCUT2D eigenvalue weighted by atomic mass is 10.0. The number of urea groups is 1. The average Bonchev–Trinajstić information content (AvgIpc) is 3.03. The third kappa shape index (κ3) is 2.99. The van der Waals surface area contributed by atoms with Crippen molar-refractivity contribution in [1.29, 1.82) is 0 Å². The van der Waals surface area contributed by atoms with Crippen LogP contribution in [0.4, 0.5) is 10.5 Å². The van der Waals surface area contributed by atoms with Crippen LogP contribution in [0.2, 0.25) is 0 Å². The Bertz CT molecular complexity index is 724. The highest BCUT2D eigenvalue weighted by molar-refractivity contribution is 6.00. The van der Waals surface area contributed by atoms with Crippen molar-refractivity contribution in [3.63, 3.8) is 0 Å². The summed E-state index contributed by atoms with van der Waals surface area (Å²) >= 11 is 0. The Balaban J connectivity index is 1.67. The molecular formula is C20H29N5O2. The fourth-order valence-corrected chi connectivity index (χ4v) is 4.57. The number of nitrogens with zero attached hydrogens (tertiary/aromatic N) is 4. The van der Waals surface area contributed by atoms with Crippen molar-refractivity contribution in [2.45, 2.75) is 39.3 Å². The number of nitrogens with one attached hydrogen (secondary N) is 1. The highest BCUT2D eigenvalue weighted by Crippen LogP contribution is 2.34. The predicted molar refractivity (Wildman–Crippen MR) is 104 cm³/mol. The molecule has 3 heterocycles. The fourth-order valence-electron chi connectivity index (χ4n) is 4.57. The Kier molecular flexibility index (Phi) is 4.60. The molecule has 7 heteroatoms. The van der Waals surface area contributed by atoms with Crippen molar-refractivity contribution in [3.05, 3.63) is 30.3 Å². The van der Waals surface area contributed by atoms with Crippen molar-refractivity contribution >= 4 is 17.6 Å². The molecule has 0 bridgehead atoms. The minimum Gasteiger partial charge on any atom is -0.343 e. The summed E-state index contributed by atoms with van der Waals surface area (Å²) in [7, 11) is 1.79. The molecule has 0 radical (unpaired) electrons. The smallest absolute Gasteiger partial charge is 0.327 e. The summed E-state index contributed by atoms with van der Waals surface area (Å²) in [4.78, 5) is 33.8. The number of hydrogen-bond acceptors (Lipinski definition) is 5. The first kappa shape index (κ1) is 18.3. The Hall–Kier alpha value is -2.12. The molecule has 4 atom stereocenters. The Morgan fingerprint density at radius 3 is 2.52 bits per heavy atom. The largest absolute Gasteiger partial charge is 0.343 e. The normalized spacial score (nSPS) is 31.5. The van der Waals surface area contributed by atoms with E-state index in [0.29, 0.717) is 12.5 Å². The zero-order valence-electron chi connectivity index (χ0n) is 16.5. The molecule has 3 aliphatic rings. The van der Waals surface area contributed by atoms with Crippen LogP contribution >= 0.6 is 0 Å². The van der Waals surface area contributed by atoms with Crippen LogP contribution in [-0.2, 0) is 4.79 Å². The number of rotatable bonds is 3. The van der Waals surface area contributed by atoms with Crippen LogP contribution in [0.25, 0.3) is 0 Å². The highest BCUT2D eigenvalue weighted by atomic mass is 16.2. The number of para-hydroxylation sites is 1. The molecule has 3 amide bonds. The van der Waals surface area contributed by atoms with Crippen molar-refractivity contribution in [2.24, 2.45) is 11.8 Å². The Labute approximate surface area is 160 Å². The number of benzene rings is 1. The van der Waals surface area contributed by atoms with Crippen molar-refractivity contribution in [2.75, 3.05) is 31.6 Å². The summed E-state index contributed by atoms with van der Waals surface area (Å²) < 4.78 is 0. The number of anilines is 1. The van der Waals surface area contributed by atoms with Gasteiger partial charge in [0.15, 0.2) is 0 Å². The maximum Gasteiger partial charge on any atom is 0.327 e. The van der Waals surface area contributed by atoms with E-state index in [1.54, 1.807) is 11.9 Å². The predicted octanol–water partition coefficient (Wildman–Crippen LogP) is 1.58. The molecule has 7 nitrogen and oxygen atoms in total. The van der Waals surface area contributed by atoms with Crippen LogP contribution in [0.3, 0.4) is 0 Å². The summed E-state index contributed by atoms with van der Waals surface area (Å²) in [5.41, 5.74) is 1.13. The molecule has 1 N–H and O–H groups in total. The molecule has 1 aromatic rings. The summed E-state index contributed by atoms with van der Waals surface area (Å²) in [6.07, 6.45) is -0.383. The lowest BCUT2D eigenvalue weighted by molar-refractivity contribution is -0.139. The van der Waals surface area contributed by atoms with Gasteiger partial charge in [-0.3, -0.25) is 19.9 Å². The molecule has 4 rings (SSSR count). The van der Waals surface area contributed by atoms with Crippen LogP contribution in [0.15, 0.2) is 30.3 Å². The molecule has 3 fully saturated rings. The molecule has 27 heavy (non-hydrogen) atoms. The molecule has 1 aromatic carbocycles. The van der Waals surface area contributed by atoms with Gasteiger partial charge in [-0.1, -0.05) is 39.0 Å². The van der Waals surface area contributed by atoms with Crippen LogP contribution in [0.5, 0.6) is 0 Å². The number of amides is 3. The van der Waals surface area contributed by atoms with E-state index in [4.69, 9.17) is 0 Å². The second kappa shape index (κ2) is 6.80.